The summed E-state index contributed by atoms with van der Waals surface area (Å²) in [4.78, 5) is 20.3. The standard InChI is InChI=1S/C18H31N3OS/c1-12(2)9-16-20-15(5)17(23-16)18(22)19-14(4)11-21-8-6-7-13(3)10-21/h12-14H,6-11H2,1-5H3,(H,19,22). The number of aromatic nitrogens is 1. The molecule has 1 saturated heterocycles. The van der Waals surface area contributed by atoms with Gasteiger partial charge in [0.05, 0.1) is 10.7 Å². The number of hydrogen-bond donors (Lipinski definition) is 1. The third kappa shape index (κ3) is 5.57. The van der Waals surface area contributed by atoms with Crippen molar-refractivity contribution in [3.05, 3.63) is 15.6 Å². The molecule has 1 N–H and O–H groups in total. The topological polar surface area (TPSA) is 45.2 Å². The van der Waals surface area contributed by atoms with Crippen LogP contribution in [0.15, 0.2) is 0 Å². The zero-order valence-corrected chi connectivity index (χ0v) is 16.0. The lowest BCUT2D eigenvalue weighted by Gasteiger charge is -2.32. The molecule has 2 unspecified atom stereocenters. The zero-order valence-electron chi connectivity index (χ0n) is 15.2. The first-order valence-electron chi connectivity index (χ1n) is 8.84. The summed E-state index contributed by atoms with van der Waals surface area (Å²) >= 11 is 1.55. The van der Waals surface area contributed by atoms with Crippen molar-refractivity contribution in [2.24, 2.45) is 11.8 Å². The van der Waals surface area contributed by atoms with Crippen LogP contribution in [0.5, 0.6) is 0 Å². The van der Waals surface area contributed by atoms with Crippen LogP contribution in [0.3, 0.4) is 0 Å². The maximum Gasteiger partial charge on any atom is 0.263 e. The maximum absolute atomic E-state index is 12.5. The van der Waals surface area contributed by atoms with Crippen molar-refractivity contribution in [1.29, 1.82) is 0 Å². The fourth-order valence-corrected chi connectivity index (χ4v) is 4.45. The number of thiazole rings is 1. The summed E-state index contributed by atoms with van der Waals surface area (Å²) in [6.07, 6.45) is 3.55. The molecule has 1 amide bonds. The van der Waals surface area contributed by atoms with E-state index in [1.54, 1.807) is 11.3 Å². The predicted octanol–water partition coefficient (Wildman–Crippen LogP) is 3.50. The summed E-state index contributed by atoms with van der Waals surface area (Å²) in [7, 11) is 0. The molecule has 0 spiro atoms. The maximum atomic E-state index is 12.5. The highest BCUT2D eigenvalue weighted by atomic mass is 32.1. The number of aryl methyl sites for hydroxylation is 1. The first kappa shape index (κ1) is 18.4. The van der Waals surface area contributed by atoms with Gasteiger partial charge in [-0.3, -0.25) is 4.79 Å². The van der Waals surface area contributed by atoms with E-state index in [1.165, 1.54) is 12.8 Å². The summed E-state index contributed by atoms with van der Waals surface area (Å²) in [5.74, 6) is 1.37. The van der Waals surface area contributed by atoms with Gasteiger partial charge in [0, 0.05) is 25.6 Å². The van der Waals surface area contributed by atoms with Gasteiger partial charge in [-0.2, -0.15) is 0 Å². The molecule has 2 rings (SSSR count). The van der Waals surface area contributed by atoms with E-state index < -0.39 is 0 Å². The van der Waals surface area contributed by atoms with E-state index in [9.17, 15) is 4.79 Å². The molecule has 1 aromatic rings. The average molecular weight is 338 g/mol. The van der Waals surface area contributed by atoms with Gasteiger partial charge in [-0.1, -0.05) is 20.8 Å². The van der Waals surface area contributed by atoms with Gasteiger partial charge in [0.25, 0.3) is 5.91 Å². The Morgan fingerprint density at radius 2 is 2.17 bits per heavy atom. The fourth-order valence-electron chi connectivity index (χ4n) is 3.27. The summed E-state index contributed by atoms with van der Waals surface area (Å²) < 4.78 is 0. The van der Waals surface area contributed by atoms with Crippen LogP contribution in [-0.2, 0) is 6.42 Å². The summed E-state index contributed by atoms with van der Waals surface area (Å²) in [5, 5.41) is 4.23. The second kappa shape index (κ2) is 8.25. The predicted molar refractivity (Wildman–Crippen MR) is 97.2 cm³/mol. The van der Waals surface area contributed by atoms with Crippen LogP contribution in [0.2, 0.25) is 0 Å². The molecule has 4 nitrogen and oxygen atoms in total. The Bertz CT molecular complexity index is 526. The van der Waals surface area contributed by atoms with Gasteiger partial charge in [0.1, 0.15) is 4.88 Å². The molecule has 0 saturated carbocycles. The number of carbonyl (C=O) groups is 1. The smallest absolute Gasteiger partial charge is 0.263 e. The molecular weight excluding hydrogens is 306 g/mol. The van der Waals surface area contributed by atoms with Crippen LogP contribution in [0.1, 0.15) is 60.9 Å². The molecule has 0 radical (unpaired) electrons. The number of nitrogens with zero attached hydrogens (tertiary/aromatic N) is 2. The van der Waals surface area contributed by atoms with Gasteiger partial charge < -0.3 is 10.2 Å². The van der Waals surface area contributed by atoms with E-state index >= 15 is 0 Å². The second-order valence-corrected chi connectivity index (χ2v) is 8.59. The second-order valence-electron chi connectivity index (χ2n) is 7.50. The molecule has 23 heavy (non-hydrogen) atoms. The van der Waals surface area contributed by atoms with Crippen molar-refractivity contribution in [1.82, 2.24) is 15.2 Å². The average Bonchev–Trinajstić information content (AvgIpc) is 2.78. The van der Waals surface area contributed by atoms with Gasteiger partial charge >= 0.3 is 0 Å². The van der Waals surface area contributed by atoms with Gasteiger partial charge in [-0.25, -0.2) is 4.98 Å². The number of likely N-dealkylation sites (tertiary alicyclic amines) is 1. The minimum Gasteiger partial charge on any atom is -0.348 e. The van der Waals surface area contributed by atoms with Gasteiger partial charge in [-0.05, 0) is 45.1 Å². The number of piperidine rings is 1. The van der Waals surface area contributed by atoms with Gasteiger partial charge in [0.15, 0.2) is 0 Å². The van der Waals surface area contributed by atoms with E-state index in [0.717, 1.165) is 47.6 Å². The van der Waals surface area contributed by atoms with Crippen LogP contribution in [0.25, 0.3) is 0 Å². The molecule has 0 bridgehead atoms. The molecule has 1 fully saturated rings. The highest BCUT2D eigenvalue weighted by Gasteiger charge is 2.21. The Morgan fingerprint density at radius 3 is 2.83 bits per heavy atom. The number of hydrogen-bond acceptors (Lipinski definition) is 4. The third-order valence-electron chi connectivity index (χ3n) is 4.28. The number of carbonyl (C=O) groups excluding carboxylic acids is 1. The molecule has 1 aromatic heterocycles. The van der Waals surface area contributed by atoms with Crippen molar-refractivity contribution in [2.75, 3.05) is 19.6 Å². The Morgan fingerprint density at radius 1 is 1.43 bits per heavy atom. The number of rotatable bonds is 6. The monoisotopic (exact) mass is 337 g/mol. The fraction of sp³-hybridized carbons (Fsp3) is 0.778. The van der Waals surface area contributed by atoms with Crippen molar-refractivity contribution in [2.45, 2.75) is 59.9 Å². The lowest BCUT2D eigenvalue weighted by Crippen LogP contribution is -2.45. The minimum atomic E-state index is 0.0348. The molecular formula is C18H31N3OS. The van der Waals surface area contributed by atoms with E-state index in [1.807, 2.05) is 6.92 Å². The molecule has 1 aliphatic rings. The third-order valence-corrected chi connectivity index (χ3v) is 5.46. The normalized spacial score (nSPS) is 20.7. The van der Waals surface area contributed by atoms with E-state index in [-0.39, 0.29) is 11.9 Å². The lowest BCUT2D eigenvalue weighted by atomic mass is 10.00. The summed E-state index contributed by atoms with van der Waals surface area (Å²) in [6, 6.07) is 0.169. The highest BCUT2D eigenvalue weighted by molar-refractivity contribution is 7.13. The molecule has 2 heterocycles. The van der Waals surface area contributed by atoms with E-state index in [4.69, 9.17) is 0 Å². The molecule has 0 aromatic carbocycles. The lowest BCUT2D eigenvalue weighted by molar-refractivity contribution is 0.0923. The SMILES string of the molecule is Cc1nc(CC(C)C)sc1C(=O)NC(C)CN1CCCC(C)C1. The van der Waals surface area contributed by atoms with Gasteiger partial charge in [0.2, 0.25) is 0 Å². The van der Waals surface area contributed by atoms with Gasteiger partial charge in [-0.15, -0.1) is 11.3 Å². The van der Waals surface area contributed by atoms with Crippen LogP contribution < -0.4 is 5.32 Å². The minimum absolute atomic E-state index is 0.0348. The molecule has 0 aliphatic carbocycles. The van der Waals surface area contributed by atoms with Crippen LogP contribution in [0.4, 0.5) is 0 Å². The van der Waals surface area contributed by atoms with Crippen LogP contribution in [-0.4, -0.2) is 41.5 Å². The van der Waals surface area contributed by atoms with Crippen molar-refractivity contribution in [3.63, 3.8) is 0 Å². The molecule has 1 aliphatic heterocycles. The quantitative estimate of drug-likeness (QED) is 0.864. The molecule has 130 valence electrons. The summed E-state index contributed by atoms with van der Waals surface area (Å²) in [5.41, 5.74) is 0.863. The van der Waals surface area contributed by atoms with Crippen molar-refractivity contribution >= 4 is 17.2 Å². The molecule has 5 heteroatoms. The van der Waals surface area contributed by atoms with Crippen LogP contribution in [0, 0.1) is 18.8 Å². The van der Waals surface area contributed by atoms with Crippen molar-refractivity contribution < 1.29 is 4.79 Å². The van der Waals surface area contributed by atoms with Crippen molar-refractivity contribution in [3.8, 4) is 0 Å². The Labute approximate surface area is 144 Å². The number of amides is 1. The van der Waals surface area contributed by atoms with E-state index in [0.29, 0.717) is 5.92 Å². The van der Waals surface area contributed by atoms with E-state index in [2.05, 4.69) is 42.9 Å². The highest BCUT2D eigenvalue weighted by Crippen LogP contribution is 2.21. The number of nitrogens with one attached hydrogen (secondary N) is 1. The molecule has 2 atom stereocenters. The Hall–Kier alpha value is -0.940. The summed E-state index contributed by atoms with van der Waals surface area (Å²) in [6.45, 7) is 13.9. The Balaban J connectivity index is 1.89. The largest absolute Gasteiger partial charge is 0.348 e. The van der Waals surface area contributed by atoms with Crippen LogP contribution >= 0.6 is 11.3 Å². The zero-order chi connectivity index (χ0) is 17.0. The first-order valence-corrected chi connectivity index (χ1v) is 9.66. The Kier molecular flexibility index (Phi) is 6.60. The first-order chi connectivity index (χ1) is 10.8.